The number of aryl methyl sites for hydroxylation is 1. The lowest BCUT2D eigenvalue weighted by molar-refractivity contribution is 0.102. The molecule has 2 rings (SSSR count). The van der Waals surface area contributed by atoms with Gasteiger partial charge in [0.15, 0.2) is 0 Å². The third-order valence-corrected chi connectivity index (χ3v) is 2.92. The Labute approximate surface area is 116 Å². The van der Waals surface area contributed by atoms with Crippen molar-refractivity contribution in [2.24, 2.45) is 0 Å². The number of benzene rings is 1. The summed E-state index contributed by atoms with van der Waals surface area (Å²) >= 11 is 5.92. The molecular formula is C14H14ClN3O. The van der Waals surface area contributed by atoms with Gasteiger partial charge in [-0.1, -0.05) is 23.7 Å². The van der Waals surface area contributed by atoms with Crippen molar-refractivity contribution < 1.29 is 4.79 Å². The normalized spacial score (nSPS) is 10.1. The van der Waals surface area contributed by atoms with E-state index in [0.717, 1.165) is 5.56 Å². The monoisotopic (exact) mass is 275 g/mol. The molecule has 0 bridgehead atoms. The molecular weight excluding hydrogens is 262 g/mol. The number of halogens is 1. The summed E-state index contributed by atoms with van der Waals surface area (Å²) in [5.41, 5.74) is 1.99. The van der Waals surface area contributed by atoms with E-state index in [4.69, 9.17) is 11.6 Å². The van der Waals surface area contributed by atoms with Crippen LogP contribution in [0.15, 0.2) is 36.4 Å². The molecule has 0 saturated carbocycles. The van der Waals surface area contributed by atoms with E-state index >= 15 is 0 Å². The van der Waals surface area contributed by atoms with Gasteiger partial charge in [0.2, 0.25) is 0 Å². The summed E-state index contributed by atoms with van der Waals surface area (Å²) in [5.74, 6) is 0.387. The number of carbonyl (C=O) groups is 1. The molecule has 2 aromatic rings. The average molecular weight is 276 g/mol. The van der Waals surface area contributed by atoms with Gasteiger partial charge in [-0.15, -0.1) is 0 Å². The molecule has 1 amide bonds. The molecule has 0 aliphatic rings. The molecule has 1 heterocycles. The Kier molecular flexibility index (Phi) is 4.02. The third-order valence-electron chi connectivity index (χ3n) is 2.69. The van der Waals surface area contributed by atoms with Crippen LogP contribution < -0.4 is 10.6 Å². The highest BCUT2D eigenvalue weighted by Gasteiger charge is 2.09. The van der Waals surface area contributed by atoms with Crippen LogP contribution in [0.4, 0.5) is 11.5 Å². The lowest BCUT2D eigenvalue weighted by Crippen LogP contribution is -2.15. The van der Waals surface area contributed by atoms with Crippen molar-refractivity contribution in [3.05, 3.63) is 52.7 Å². The first kappa shape index (κ1) is 13.4. The van der Waals surface area contributed by atoms with Crippen LogP contribution in [0.3, 0.4) is 0 Å². The number of hydrogen-bond donors (Lipinski definition) is 2. The van der Waals surface area contributed by atoms with Crippen LogP contribution in [0.2, 0.25) is 5.02 Å². The summed E-state index contributed by atoms with van der Waals surface area (Å²) in [4.78, 5) is 16.3. The first-order chi connectivity index (χ1) is 9.10. The molecule has 0 spiro atoms. The Morgan fingerprint density at radius 1 is 1.26 bits per heavy atom. The molecule has 2 N–H and O–H groups in total. The summed E-state index contributed by atoms with van der Waals surface area (Å²) < 4.78 is 0. The zero-order chi connectivity index (χ0) is 13.8. The molecule has 1 aromatic heterocycles. The number of carbonyl (C=O) groups excluding carboxylic acids is 1. The number of nitrogens with zero attached hydrogens (tertiary/aromatic N) is 1. The third kappa shape index (κ3) is 3.23. The summed E-state index contributed by atoms with van der Waals surface area (Å²) in [6.45, 7) is 1.91. The van der Waals surface area contributed by atoms with E-state index in [1.54, 1.807) is 37.4 Å². The Bertz CT molecular complexity index is 613. The fourth-order valence-corrected chi connectivity index (χ4v) is 1.79. The summed E-state index contributed by atoms with van der Waals surface area (Å²) in [6.07, 6.45) is 0. The SMILES string of the molecule is CNc1cccc(C(=O)Nc2cc(Cl)ccc2C)n1. The zero-order valence-corrected chi connectivity index (χ0v) is 11.5. The second-order valence-corrected chi connectivity index (χ2v) is 4.51. The first-order valence-electron chi connectivity index (χ1n) is 5.82. The summed E-state index contributed by atoms with van der Waals surface area (Å²) in [6, 6.07) is 10.6. The van der Waals surface area contributed by atoms with Gasteiger partial charge < -0.3 is 10.6 Å². The molecule has 1 aromatic carbocycles. The van der Waals surface area contributed by atoms with Gasteiger partial charge in [-0.25, -0.2) is 4.98 Å². The van der Waals surface area contributed by atoms with Gasteiger partial charge in [0.1, 0.15) is 11.5 Å². The Morgan fingerprint density at radius 3 is 2.79 bits per heavy atom. The molecule has 5 heteroatoms. The zero-order valence-electron chi connectivity index (χ0n) is 10.7. The van der Waals surface area contributed by atoms with E-state index in [9.17, 15) is 4.79 Å². The van der Waals surface area contributed by atoms with Crippen LogP contribution in [0.5, 0.6) is 0 Å². The molecule has 98 valence electrons. The lowest BCUT2D eigenvalue weighted by Gasteiger charge is -2.09. The molecule has 19 heavy (non-hydrogen) atoms. The van der Waals surface area contributed by atoms with Gasteiger partial charge in [0.25, 0.3) is 5.91 Å². The van der Waals surface area contributed by atoms with E-state index in [2.05, 4.69) is 15.6 Å². The maximum absolute atomic E-state index is 12.1. The van der Waals surface area contributed by atoms with E-state index in [1.807, 2.05) is 13.0 Å². The topological polar surface area (TPSA) is 54.0 Å². The van der Waals surface area contributed by atoms with E-state index in [0.29, 0.717) is 22.2 Å². The minimum atomic E-state index is -0.262. The van der Waals surface area contributed by atoms with Crippen molar-refractivity contribution in [2.75, 3.05) is 17.7 Å². The number of nitrogens with one attached hydrogen (secondary N) is 2. The fourth-order valence-electron chi connectivity index (χ4n) is 1.62. The molecule has 0 radical (unpaired) electrons. The smallest absolute Gasteiger partial charge is 0.274 e. The number of pyridine rings is 1. The highest BCUT2D eigenvalue weighted by atomic mass is 35.5. The van der Waals surface area contributed by atoms with Gasteiger partial charge in [0.05, 0.1) is 0 Å². The van der Waals surface area contributed by atoms with Crippen LogP contribution in [0.25, 0.3) is 0 Å². The predicted octanol–water partition coefficient (Wildman–Crippen LogP) is 3.34. The van der Waals surface area contributed by atoms with Crippen molar-refractivity contribution in [3.63, 3.8) is 0 Å². The van der Waals surface area contributed by atoms with Gasteiger partial charge in [-0.3, -0.25) is 4.79 Å². The number of amides is 1. The second-order valence-electron chi connectivity index (χ2n) is 4.07. The van der Waals surface area contributed by atoms with Gasteiger partial charge in [0, 0.05) is 17.8 Å². The van der Waals surface area contributed by atoms with Crippen LogP contribution in [0.1, 0.15) is 16.1 Å². The maximum atomic E-state index is 12.1. The van der Waals surface area contributed by atoms with E-state index in [1.165, 1.54) is 0 Å². The lowest BCUT2D eigenvalue weighted by atomic mass is 10.2. The van der Waals surface area contributed by atoms with E-state index < -0.39 is 0 Å². The van der Waals surface area contributed by atoms with Crippen molar-refractivity contribution in [2.45, 2.75) is 6.92 Å². The average Bonchev–Trinajstić information content (AvgIpc) is 2.43. The standard InChI is InChI=1S/C14H14ClN3O/c1-9-6-7-10(15)8-12(9)18-14(19)11-4-3-5-13(16-2)17-11/h3-8H,1-2H3,(H,16,17)(H,18,19). The second kappa shape index (κ2) is 5.71. The molecule has 0 unspecified atom stereocenters. The van der Waals surface area contributed by atoms with Crippen LogP contribution in [-0.4, -0.2) is 17.9 Å². The molecule has 0 fully saturated rings. The number of rotatable bonds is 3. The minimum Gasteiger partial charge on any atom is -0.373 e. The van der Waals surface area contributed by atoms with Gasteiger partial charge in [-0.05, 0) is 36.8 Å². The maximum Gasteiger partial charge on any atom is 0.274 e. The van der Waals surface area contributed by atoms with Crippen LogP contribution in [0, 0.1) is 6.92 Å². The van der Waals surface area contributed by atoms with Crippen molar-refractivity contribution in [1.82, 2.24) is 4.98 Å². The fraction of sp³-hybridized carbons (Fsp3) is 0.143. The molecule has 0 saturated heterocycles. The molecule has 0 atom stereocenters. The summed E-state index contributed by atoms with van der Waals surface area (Å²) in [7, 11) is 1.76. The summed E-state index contributed by atoms with van der Waals surface area (Å²) in [5, 5.41) is 6.28. The van der Waals surface area contributed by atoms with Crippen LogP contribution >= 0.6 is 11.6 Å². The predicted molar refractivity (Wildman–Crippen MR) is 77.9 cm³/mol. The van der Waals surface area contributed by atoms with E-state index in [-0.39, 0.29) is 5.91 Å². The van der Waals surface area contributed by atoms with Crippen molar-refractivity contribution >= 4 is 29.0 Å². The highest BCUT2D eigenvalue weighted by molar-refractivity contribution is 6.31. The number of aromatic nitrogens is 1. The highest BCUT2D eigenvalue weighted by Crippen LogP contribution is 2.20. The Morgan fingerprint density at radius 2 is 2.05 bits per heavy atom. The minimum absolute atomic E-state index is 0.262. The first-order valence-corrected chi connectivity index (χ1v) is 6.20. The molecule has 4 nitrogen and oxygen atoms in total. The Hall–Kier alpha value is -2.07. The Balaban J connectivity index is 2.22. The largest absolute Gasteiger partial charge is 0.373 e. The number of hydrogen-bond acceptors (Lipinski definition) is 3. The van der Waals surface area contributed by atoms with Gasteiger partial charge >= 0.3 is 0 Å². The van der Waals surface area contributed by atoms with Crippen LogP contribution in [-0.2, 0) is 0 Å². The number of anilines is 2. The molecule has 0 aliphatic heterocycles. The quantitative estimate of drug-likeness (QED) is 0.903. The van der Waals surface area contributed by atoms with Gasteiger partial charge in [-0.2, -0.15) is 0 Å². The van der Waals surface area contributed by atoms with Crippen molar-refractivity contribution in [3.8, 4) is 0 Å². The van der Waals surface area contributed by atoms with Crippen molar-refractivity contribution in [1.29, 1.82) is 0 Å². The molecule has 0 aliphatic carbocycles.